The van der Waals surface area contributed by atoms with Crippen LogP contribution in [0.25, 0.3) is 10.8 Å². The van der Waals surface area contributed by atoms with Crippen LogP contribution in [-0.2, 0) is 0 Å². The van der Waals surface area contributed by atoms with Crippen LogP contribution in [0.4, 0.5) is 0 Å². The van der Waals surface area contributed by atoms with Crippen LogP contribution in [0, 0.1) is 12.8 Å². The highest BCUT2D eigenvalue weighted by atomic mass is 16.5. The molecular weight excluding hydrogens is 248 g/mol. The Labute approximate surface area is 119 Å². The van der Waals surface area contributed by atoms with Crippen LogP contribution in [0.1, 0.15) is 18.4 Å². The largest absolute Gasteiger partial charge is 0.492 e. The van der Waals surface area contributed by atoms with Gasteiger partial charge in [0.25, 0.3) is 0 Å². The van der Waals surface area contributed by atoms with Crippen LogP contribution in [0.15, 0.2) is 30.6 Å². The van der Waals surface area contributed by atoms with Crippen molar-refractivity contribution in [3.63, 3.8) is 0 Å². The Morgan fingerprint density at radius 3 is 3.05 bits per heavy atom. The fourth-order valence-corrected chi connectivity index (χ4v) is 2.81. The van der Waals surface area contributed by atoms with Crippen molar-refractivity contribution in [3.05, 3.63) is 36.2 Å². The maximum atomic E-state index is 6.04. The topological polar surface area (TPSA) is 25.1 Å². The average Bonchev–Trinajstić information content (AvgIpc) is 3.36. The molecule has 1 aromatic carbocycles. The molecule has 2 unspecified atom stereocenters. The smallest absolute Gasteiger partial charge is 0.122 e. The summed E-state index contributed by atoms with van der Waals surface area (Å²) < 4.78 is 6.04. The standard InChI is InChI=1S/C17H20N2O/c1-12-6-15-8-18-5-4-14(15)7-17(12)20-11-16-10-19(16)9-13-2-3-13/h4-8,13,16H,2-3,9-11H2,1H3. The minimum Gasteiger partial charge on any atom is -0.492 e. The van der Waals surface area contributed by atoms with Gasteiger partial charge >= 0.3 is 0 Å². The van der Waals surface area contributed by atoms with Crippen molar-refractivity contribution in [2.45, 2.75) is 25.8 Å². The highest BCUT2D eigenvalue weighted by Crippen LogP contribution is 2.34. The van der Waals surface area contributed by atoms with E-state index in [-0.39, 0.29) is 0 Å². The summed E-state index contributed by atoms with van der Waals surface area (Å²) in [5, 5.41) is 2.38. The molecule has 0 radical (unpaired) electrons. The molecule has 0 bridgehead atoms. The number of aromatic nitrogens is 1. The summed E-state index contributed by atoms with van der Waals surface area (Å²) in [5.74, 6) is 2.00. The third-order valence-corrected chi connectivity index (χ3v) is 4.38. The van der Waals surface area contributed by atoms with E-state index in [9.17, 15) is 0 Å². The molecule has 3 nitrogen and oxygen atoms in total. The van der Waals surface area contributed by atoms with Crippen LogP contribution in [0.3, 0.4) is 0 Å². The second-order valence-electron chi connectivity index (χ2n) is 6.20. The zero-order chi connectivity index (χ0) is 13.5. The molecule has 1 aliphatic carbocycles. The van der Waals surface area contributed by atoms with Crippen molar-refractivity contribution in [1.29, 1.82) is 0 Å². The van der Waals surface area contributed by atoms with E-state index in [0.29, 0.717) is 6.04 Å². The van der Waals surface area contributed by atoms with Crippen LogP contribution in [0.5, 0.6) is 5.75 Å². The average molecular weight is 268 g/mol. The highest BCUT2D eigenvalue weighted by molar-refractivity contribution is 5.83. The fourth-order valence-electron chi connectivity index (χ4n) is 2.81. The van der Waals surface area contributed by atoms with E-state index in [0.717, 1.165) is 18.3 Å². The molecule has 1 aliphatic heterocycles. The maximum Gasteiger partial charge on any atom is 0.122 e. The second-order valence-corrected chi connectivity index (χ2v) is 6.20. The van der Waals surface area contributed by atoms with E-state index in [1.165, 1.54) is 42.3 Å². The third-order valence-electron chi connectivity index (χ3n) is 4.38. The monoisotopic (exact) mass is 268 g/mol. The number of fused-ring (bicyclic) bond motifs is 1. The van der Waals surface area contributed by atoms with Crippen molar-refractivity contribution < 1.29 is 4.74 Å². The number of nitrogens with zero attached hydrogens (tertiary/aromatic N) is 2. The van der Waals surface area contributed by atoms with Crippen molar-refractivity contribution in [3.8, 4) is 5.75 Å². The van der Waals surface area contributed by atoms with E-state index in [4.69, 9.17) is 4.74 Å². The van der Waals surface area contributed by atoms with Gasteiger partial charge < -0.3 is 4.74 Å². The van der Waals surface area contributed by atoms with Gasteiger partial charge in [-0.05, 0) is 54.8 Å². The van der Waals surface area contributed by atoms with Crippen molar-refractivity contribution in [1.82, 2.24) is 9.88 Å². The van der Waals surface area contributed by atoms with Gasteiger partial charge in [0.2, 0.25) is 0 Å². The SMILES string of the molecule is Cc1cc2cnccc2cc1OCC1CN1CC1CC1. The van der Waals surface area contributed by atoms with Gasteiger partial charge in [-0.25, -0.2) is 0 Å². The molecule has 2 atom stereocenters. The lowest BCUT2D eigenvalue weighted by atomic mass is 10.1. The summed E-state index contributed by atoms with van der Waals surface area (Å²) in [4.78, 5) is 6.70. The molecule has 4 rings (SSSR count). The van der Waals surface area contributed by atoms with Gasteiger partial charge in [0, 0.05) is 30.9 Å². The van der Waals surface area contributed by atoms with Crippen molar-refractivity contribution in [2.75, 3.05) is 19.7 Å². The minimum atomic E-state index is 0.642. The Morgan fingerprint density at radius 1 is 1.30 bits per heavy atom. The van der Waals surface area contributed by atoms with Gasteiger partial charge in [-0.2, -0.15) is 0 Å². The zero-order valence-electron chi connectivity index (χ0n) is 11.9. The maximum absolute atomic E-state index is 6.04. The summed E-state index contributed by atoms with van der Waals surface area (Å²) in [6, 6.07) is 6.98. The Balaban J connectivity index is 1.42. The minimum absolute atomic E-state index is 0.642. The first-order valence-electron chi connectivity index (χ1n) is 7.51. The lowest BCUT2D eigenvalue weighted by Gasteiger charge is -2.10. The van der Waals surface area contributed by atoms with E-state index >= 15 is 0 Å². The molecule has 2 fully saturated rings. The molecule has 2 heterocycles. The van der Waals surface area contributed by atoms with Gasteiger partial charge in [-0.15, -0.1) is 0 Å². The molecule has 2 aromatic rings. The van der Waals surface area contributed by atoms with Crippen LogP contribution in [0.2, 0.25) is 0 Å². The van der Waals surface area contributed by atoms with Gasteiger partial charge in [0.1, 0.15) is 12.4 Å². The summed E-state index contributed by atoms with van der Waals surface area (Å²) >= 11 is 0. The van der Waals surface area contributed by atoms with E-state index in [1.807, 2.05) is 18.5 Å². The van der Waals surface area contributed by atoms with Gasteiger partial charge in [0.15, 0.2) is 0 Å². The highest BCUT2D eigenvalue weighted by Gasteiger charge is 2.38. The fraction of sp³-hybridized carbons (Fsp3) is 0.471. The van der Waals surface area contributed by atoms with Gasteiger partial charge in [0.05, 0.1) is 6.04 Å². The molecular formula is C17H20N2O. The third kappa shape index (κ3) is 2.50. The number of ether oxygens (including phenoxy) is 1. The van der Waals surface area contributed by atoms with Crippen LogP contribution in [-0.4, -0.2) is 35.6 Å². The molecule has 1 saturated carbocycles. The molecule has 104 valence electrons. The normalized spacial score (nSPS) is 24.9. The van der Waals surface area contributed by atoms with Crippen molar-refractivity contribution >= 4 is 10.8 Å². The quantitative estimate of drug-likeness (QED) is 0.779. The Morgan fingerprint density at radius 2 is 2.20 bits per heavy atom. The van der Waals surface area contributed by atoms with Crippen molar-refractivity contribution in [2.24, 2.45) is 5.92 Å². The Kier molecular flexibility index (Phi) is 2.88. The summed E-state index contributed by atoms with van der Waals surface area (Å²) in [6.45, 7) is 5.43. The Hall–Kier alpha value is -1.61. The first-order chi connectivity index (χ1) is 9.79. The molecule has 2 aliphatic rings. The molecule has 20 heavy (non-hydrogen) atoms. The van der Waals surface area contributed by atoms with E-state index < -0.39 is 0 Å². The van der Waals surface area contributed by atoms with Crippen LogP contribution < -0.4 is 4.74 Å². The van der Waals surface area contributed by atoms with Gasteiger partial charge in [-0.3, -0.25) is 9.88 Å². The number of aryl methyl sites for hydroxylation is 1. The number of benzene rings is 1. The predicted octanol–water partition coefficient (Wildman–Crippen LogP) is 3.02. The second kappa shape index (κ2) is 4.74. The van der Waals surface area contributed by atoms with E-state index in [1.54, 1.807) is 0 Å². The number of hydrogen-bond acceptors (Lipinski definition) is 3. The molecule has 0 N–H and O–H groups in total. The summed E-state index contributed by atoms with van der Waals surface area (Å²) in [7, 11) is 0. The molecule has 0 spiro atoms. The Bertz CT molecular complexity index is 636. The number of hydrogen-bond donors (Lipinski definition) is 0. The number of rotatable bonds is 5. The number of pyridine rings is 1. The molecule has 1 aromatic heterocycles. The zero-order valence-corrected chi connectivity index (χ0v) is 11.9. The molecule has 1 saturated heterocycles. The predicted molar refractivity (Wildman–Crippen MR) is 80.1 cm³/mol. The van der Waals surface area contributed by atoms with Gasteiger partial charge in [-0.1, -0.05) is 0 Å². The lowest BCUT2D eigenvalue weighted by molar-refractivity contribution is 0.291. The lowest BCUT2D eigenvalue weighted by Crippen LogP contribution is -2.13. The summed E-state index contributed by atoms with van der Waals surface area (Å²) in [6.07, 6.45) is 6.61. The summed E-state index contributed by atoms with van der Waals surface area (Å²) in [5.41, 5.74) is 1.19. The molecule has 0 amide bonds. The van der Waals surface area contributed by atoms with Crippen LogP contribution >= 0.6 is 0 Å². The van der Waals surface area contributed by atoms with E-state index in [2.05, 4.69) is 28.9 Å². The first kappa shape index (κ1) is 12.2. The molecule has 3 heteroatoms. The first-order valence-corrected chi connectivity index (χ1v) is 7.51.